The molecular weight excluding hydrogens is 210 g/mol. The van der Waals surface area contributed by atoms with E-state index in [1.54, 1.807) is 0 Å². The molecule has 0 aromatic rings. The second-order valence-corrected chi connectivity index (χ2v) is 5.95. The number of hydrogen-bond donors (Lipinski definition) is 0. The molecule has 0 unspecified atom stereocenters. The highest BCUT2D eigenvalue weighted by Gasteiger charge is 2.38. The number of carbonyl (C=O) groups excluding carboxylic acids is 1. The van der Waals surface area contributed by atoms with Crippen LogP contribution in [0, 0.1) is 23.7 Å². The highest BCUT2D eigenvalue weighted by molar-refractivity contribution is 5.82. The number of terminal acetylenes is 1. The standard InChI is InChI=1S/C15H23NO/c1-3-11-16(12-13-7-8-13)14(17)15(2)9-5-4-6-10-15/h1,13H,4-12H2,2H3. The summed E-state index contributed by atoms with van der Waals surface area (Å²) in [6, 6.07) is 0. The predicted molar refractivity (Wildman–Crippen MR) is 69.3 cm³/mol. The van der Waals surface area contributed by atoms with Crippen LogP contribution < -0.4 is 0 Å². The summed E-state index contributed by atoms with van der Waals surface area (Å²) in [6.07, 6.45) is 13.7. The zero-order valence-corrected chi connectivity index (χ0v) is 10.9. The second-order valence-electron chi connectivity index (χ2n) is 5.95. The number of nitrogens with zero attached hydrogens (tertiary/aromatic N) is 1. The average molecular weight is 233 g/mol. The fourth-order valence-corrected chi connectivity index (χ4v) is 2.87. The van der Waals surface area contributed by atoms with Crippen LogP contribution in [0.1, 0.15) is 51.9 Å². The molecule has 0 N–H and O–H groups in total. The lowest BCUT2D eigenvalue weighted by atomic mass is 9.74. The zero-order chi connectivity index (χ0) is 12.3. The molecule has 2 rings (SSSR count). The summed E-state index contributed by atoms with van der Waals surface area (Å²) in [5.74, 6) is 3.67. The summed E-state index contributed by atoms with van der Waals surface area (Å²) in [4.78, 5) is 14.5. The van der Waals surface area contributed by atoms with Crippen molar-refractivity contribution < 1.29 is 4.79 Å². The molecule has 17 heavy (non-hydrogen) atoms. The van der Waals surface area contributed by atoms with Crippen LogP contribution in [0.2, 0.25) is 0 Å². The van der Waals surface area contributed by atoms with Gasteiger partial charge in [0.1, 0.15) is 0 Å². The Bertz CT molecular complexity index is 318. The summed E-state index contributed by atoms with van der Waals surface area (Å²) in [5, 5.41) is 0. The summed E-state index contributed by atoms with van der Waals surface area (Å²) < 4.78 is 0. The molecule has 0 aromatic carbocycles. The molecular formula is C15H23NO. The van der Waals surface area contributed by atoms with E-state index in [-0.39, 0.29) is 5.41 Å². The van der Waals surface area contributed by atoms with Crippen LogP contribution in [-0.4, -0.2) is 23.9 Å². The number of amides is 1. The lowest BCUT2D eigenvalue weighted by molar-refractivity contribution is -0.142. The van der Waals surface area contributed by atoms with E-state index in [2.05, 4.69) is 12.8 Å². The van der Waals surface area contributed by atoms with Crippen molar-refractivity contribution in [3.05, 3.63) is 0 Å². The normalized spacial score (nSPS) is 22.8. The Hall–Kier alpha value is -0.970. The molecule has 0 aromatic heterocycles. The number of hydrogen-bond acceptors (Lipinski definition) is 1. The van der Waals surface area contributed by atoms with Crippen molar-refractivity contribution in [2.24, 2.45) is 11.3 Å². The maximum atomic E-state index is 12.6. The molecule has 2 aliphatic rings. The van der Waals surface area contributed by atoms with Crippen molar-refractivity contribution in [3.8, 4) is 12.3 Å². The Morgan fingerprint density at radius 1 is 1.35 bits per heavy atom. The van der Waals surface area contributed by atoms with Crippen LogP contribution in [0.3, 0.4) is 0 Å². The summed E-state index contributed by atoms with van der Waals surface area (Å²) in [6.45, 7) is 3.51. The molecule has 0 atom stereocenters. The van der Waals surface area contributed by atoms with Gasteiger partial charge in [-0.1, -0.05) is 32.1 Å². The van der Waals surface area contributed by atoms with Crippen LogP contribution in [0.25, 0.3) is 0 Å². The van der Waals surface area contributed by atoms with Gasteiger partial charge in [0.2, 0.25) is 5.91 Å². The van der Waals surface area contributed by atoms with Crippen LogP contribution in [0.15, 0.2) is 0 Å². The van der Waals surface area contributed by atoms with Crippen molar-refractivity contribution in [2.75, 3.05) is 13.1 Å². The first-order valence-corrected chi connectivity index (χ1v) is 6.88. The molecule has 2 nitrogen and oxygen atoms in total. The first-order chi connectivity index (χ1) is 8.15. The van der Waals surface area contributed by atoms with Gasteiger partial charge in [-0.05, 0) is 31.6 Å². The van der Waals surface area contributed by atoms with Crippen LogP contribution >= 0.6 is 0 Å². The first-order valence-electron chi connectivity index (χ1n) is 6.88. The van der Waals surface area contributed by atoms with Crippen molar-refractivity contribution in [2.45, 2.75) is 51.9 Å². The lowest BCUT2D eigenvalue weighted by Gasteiger charge is -2.36. The maximum Gasteiger partial charge on any atom is 0.229 e. The molecule has 0 radical (unpaired) electrons. The van der Waals surface area contributed by atoms with Crippen LogP contribution in [0.4, 0.5) is 0 Å². The van der Waals surface area contributed by atoms with E-state index in [4.69, 9.17) is 6.42 Å². The molecule has 0 heterocycles. The Labute approximate surface area is 105 Å². The third-order valence-electron chi connectivity index (χ3n) is 4.22. The molecule has 1 amide bonds. The molecule has 94 valence electrons. The van der Waals surface area contributed by atoms with Crippen molar-refractivity contribution in [3.63, 3.8) is 0 Å². The summed E-state index contributed by atoms with van der Waals surface area (Å²) >= 11 is 0. The molecule has 0 bridgehead atoms. The summed E-state index contributed by atoms with van der Waals surface area (Å²) in [5.41, 5.74) is -0.135. The van der Waals surface area contributed by atoms with Crippen LogP contribution in [-0.2, 0) is 4.79 Å². The Morgan fingerprint density at radius 2 is 2.00 bits per heavy atom. The average Bonchev–Trinajstić information content (AvgIpc) is 3.12. The van der Waals surface area contributed by atoms with Gasteiger partial charge in [0.25, 0.3) is 0 Å². The molecule has 0 aliphatic heterocycles. The van der Waals surface area contributed by atoms with E-state index in [1.807, 2.05) is 4.90 Å². The SMILES string of the molecule is C#CCN(CC1CC1)C(=O)C1(C)CCCCC1. The van der Waals surface area contributed by atoms with E-state index in [9.17, 15) is 4.79 Å². The van der Waals surface area contributed by atoms with E-state index < -0.39 is 0 Å². The highest BCUT2D eigenvalue weighted by Crippen LogP contribution is 2.38. The molecule has 2 heteroatoms. The minimum absolute atomic E-state index is 0.135. The summed E-state index contributed by atoms with van der Waals surface area (Å²) in [7, 11) is 0. The van der Waals surface area contributed by atoms with E-state index in [1.165, 1.54) is 32.1 Å². The second kappa shape index (κ2) is 5.12. The molecule has 0 spiro atoms. The van der Waals surface area contributed by atoms with Gasteiger partial charge in [-0.3, -0.25) is 4.79 Å². The highest BCUT2D eigenvalue weighted by atomic mass is 16.2. The Kier molecular flexibility index (Phi) is 3.76. The third-order valence-corrected chi connectivity index (χ3v) is 4.22. The van der Waals surface area contributed by atoms with Crippen LogP contribution in [0.5, 0.6) is 0 Å². The quantitative estimate of drug-likeness (QED) is 0.684. The van der Waals surface area contributed by atoms with Gasteiger partial charge in [-0.2, -0.15) is 0 Å². The van der Waals surface area contributed by atoms with Crippen molar-refractivity contribution in [1.82, 2.24) is 4.90 Å². The smallest absolute Gasteiger partial charge is 0.229 e. The van der Waals surface area contributed by atoms with Crippen molar-refractivity contribution >= 4 is 5.91 Å². The van der Waals surface area contributed by atoms with Gasteiger partial charge in [-0.15, -0.1) is 6.42 Å². The van der Waals surface area contributed by atoms with E-state index in [0.717, 1.165) is 25.3 Å². The van der Waals surface area contributed by atoms with Gasteiger partial charge in [0.15, 0.2) is 0 Å². The maximum absolute atomic E-state index is 12.6. The number of rotatable bonds is 4. The molecule has 0 saturated heterocycles. The van der Waals surface area contributed by atoms with Gasteiger partial charge < -0.3 is 4.90 Å². The first kappa shape index (κ1) is 12.5. The fraction of sp³-hybridized carbons (Fsp3) is 0.800. The van der Waals surface area contributed by atoms with E-state index >= 15 is 0 Å². The monoisotopic (exact) mass is 233 g/mol. The predicted octanol–water partition coefficient (Wildman–Crippen LogP) is 2.83. The Morgan fingerprint density at radius 3 is 2.53 bits per heavy atom. The minimum Gasteiger partial charge on any atom is -0.331 e. The molecule has 2 saturated carbocycles. The van der Waals surface area contributed by atoms with Gasteiger partial charge >= 0.3 is 0 Å². The fourth-order valence-electron chi connectivity index (χ4n) is 2.87. The van der Waals surface area contributed by atoms with Gasteiger partial charge in [0, 0.05) is 12.0 Å². The lowest BCUT2D eigenvalue weighted by Crippen LogP contribution is -2.44. The number of carbonyl (C=O) groups is 1. The van der Waals surface area contributed by atoms with Gasteiger partial charge in [0.05, 0.1) is 6.54 Å². The van der Waals surface area contributed by atoms with Gasteiger partial charge in [-0.25, -0.2) is 0 Å². The zero-order valence-electron chi connectivity index (χ0n) is 10.9. The molecule has 2 aliphatic carbocycles. The minimum atomic E-state index is -0.135. The van der Waals surface area contributed by atoms with Crippen molar-refractivity contribution in [1.29, 1.82) is 0 Å². The molecule has 2 fully saturated rings. The van der Waals surface area contributed by atoms with E-state index in [0.29, 0.717) is 12.5 Å². The topological polar surface area (TPSA) is 20.3 Å². The Balaban J connectivity index is 2.00. The largest absolute Gasteiger partial charge is 0.331 e. The third kappa shape index (κ3) is 3.03.